The van der Waals surface area contributed by atoms with Gasteiger partial charge in [0.2, 0.25) is 0 Å². The van der Waals surface area contributed by atoms with E-state index in [9.17, 15) is 0 Å². The Labute approximate surface area is 85.5 Å². The van der Waals surface area contributed by atoms with Gasteiger partial charge in [-0.15, -0.1) is 0 Å². The molecule has 66 valence electrons. The summed E-state index contributed by atoms with van der Waals surface area (Å²) in [5.74, 6) is 0.214. The number of halogens is 2. The smallest absolute Gasteiger partial charge is 0.117 e. The molecule has 1 aromatic carbocycles. The number of alkyl halides is 1. The third-order valence-electron chi connectivity index (χ3n) is 1.54. The van der Waals surface area contributed by atoms with Gasteiger partial charge in [-0.25, -0.2) is 0 Å². The monoisotopic (exact) mass is 248 g/mol. The Bertz CT molecular complexity index is 273. The number of benzene rings is 1. The maximum atomic E-state index is 9.08. The maximum absolute atomic E-state index is 9.08. The van der Waals surface area contributed by atoms with Gasteiger partial charge in [0.05, 0.1) is 0 Å². The third kappa shape index (κ3) is 2.68. The average molecular weight is 250 g/mol. The number of hydrogen-bond donors (Lipinski definition) is 1. The van der Waals surface area contributed by atoms with Gasteiger partial charge in [-0.05, 0) is 24.1 Å². The Balaban J connectivity index is 2.86. The van der Waals surface area contributed by atoms with Crippen LogP contribution in [0.15, 0.2) is 18.2 Å². The molecule has 0 radical (unpaired) electrons. The van der Waals surface area contributed by atoms with Crippen molar-refractivity contribution < 1.29 is 5.11 Å². The summed E-state index contributed by atoms with van der Waals surface area (Å²) in [6.45, 7) is 2.06. The van der Waals surface area contributed by atoms with E-state index in [1.807, 2.05) is 6.07 Å². The van der Waals surface area contributed by atoms with Gasteiger partial charge in [0.1, 0.15) is 5.75 Å². The topological polar surface area (TPSA) is 20.2 Å². The first-order valence-electron chi connectivity index (χ1n) is 3.71. The summed E-state index contributed by atoms with van der Waals surface area (Å²) >= 11 is 9.34. The van der Waals surface area contributed by atoms with E-state index < -0.39 is 0 Å². The largest absolute Gasteiger partial charge is 0.508 e. The van der Waals surface area contributed by atoms with E-state index in [0.29, 0.717) is 9.85 Å². The Hall–Kier alpha value is -0.210. The van der Waals surface area contributed by atoms with Crippen molar-refractivity contribution in [3.8, 4) is 5.75 Å². The maximum Gasteiger partial charge on any atom is 0.117 e. The first-order valence-corrected chi connectivity index (χ1v) is 5.00. The number of phenols is 1. The highest BCUT2D eigenvalue weighted by atomic mass is 79.9. The molecule has 0 aliphatic rings. The minimum Gasteiger partial charge on any atom is -0.508 e. The molecule has 1 nitrogen and oxygen atoms in total. The molecular weight excluding hydrogens is 239 g/mol. The Morgan fingerprint density at radius 3 is 2.75 bits per heavy atom. The summed E-state index contributed by atoms with van der Waals surface area (Å²) in [5, 5.41) is 9.70. The number of hydrogen-bond acceptors (Lipinski definition) is 1. The SMILES string of the molecule is CC(Br)Cc1ccc(O)cc1Cl. The van der Waals surface area contributed by atoms with Crippen molar-refractivity contribution >= 4 is 27.5 Å². The zero-order valence-corrected chi connectivity index (χ0v) is 9.06. The Kier molecular flexibility index (Phi) is 3.41. The predicted molar refractivity (Wildman–Crippen MR) is 55.2 cm³/mol. The van der Waals surface area contributed by atoms with Crippen LogP contribution in [0.5, 0.6) is 5.75 Å². The fourth-order valence-electron chi connectivity index (χ4n) is 1.00. The van der Waals surface area contributed by atoms with Crippen LogP contribution >= 0.6 is 27.5 Å². The van der Waals surface area contributed by atoms with E-state index in [1.165, 1.54) is 0 Å². The zero-order chi connectivity index (χ0) is 9.14. The van der Waals surface area contributed by atoms with Crippen LogP contribution in [0.4, 0.5) is 0 Å². The van der Waals surface area contributed by atoms with Gasteiger partial charge in [-0.1, -0.05) is 40.5 Å². The van der Waals surface area contributed by atoms with Gasteiger partial charge in [-0.3, -0.25) is 0 Å². The summed E-state index contributed by atoms with van der Waals surface area (Å²) < 4.78 is 0. The van der Waals surface area contributed by atoms with Crippen molar-refractivity contribution in [2.45, 2.75) is 18.2 Å². The van der Waals surface area contributed by atoms with Crippen LogP contribution in [-0.2, 0) is 6.42 Å². The summed E-state index contributed by atoms with van der Waals surface area (Å²) in [5.41, 5.74) is 1.05. The van der Waals surface area contributed by atoms with Gasteiger partial charge in [-0.2, -0.15) is 0 Å². The summed E-state index contributed by atoms with van der Waals surface area (Å²) in [7, 11) is 0. The molecule has 0 aliphatic carbocycles. The van der Waals surface area contributed by atoms with Crippen molar-refractivity contribution in [1.82, 2.24) is 0 Å². The lowest BCUT2D eigenvalue weighted by molar-refractivity contribution is 0.475. The fourth-order valence-corrected chi connectivity index (χ4v) is 1.61. The number of phenolic OH excluding ortho intramolecular Hbond substituents is 1. The molecule has 0 saturated carbocycles. The number of aromatic hydroxyl groups is 1. The van der Waals surface area contributed by atoms with Crippen LogP contribution in [0.25, 0.3) is 0 Å². The molecule has 0 heterocycles. The van der Waals surface area contributed by atoms with E-state index in [2.05, 4.69) is 22.9 Å². The standard InChI is InChI=1S/C9H10BrClO/c1-6(10)4-7-2-3-8(12)5-9(7)11/h2-3,5-6,12H,4H2,1H3. The molecule has 0 spiro atoms. The van der Waals surface area contributed by atoms with Crippen LogP contribution < -0.4 is 0 Å². The molecule has 12 heavy (non-hydrogen) atoms. The molecule has 1 unspecified atom stereocenters. The van der Waals surface area contributed by atoms with Crippen LogP contribution in [0.3, 0.4) is 0 Å². The van der Waals surface area contributed by atoms with Crippen LogP contribution in [-0.4, -0.2) is 9.93 Å². The van der Waals surface area contributed by atoms with E-state index in [4.69, 9.17) is 16.7 Å². The van der Waals surface area contributed by atoms with Gasteiger partial charge in [0.15, 0.2) is 0 Å². The van der Waals surface area contributed by atoms with E-state index in [-0.39, 0.29) is 5.75 Å². The fraction of sp³-hybridized carbons (Fsp3) is 0.333. The Morgan fingerprint density at radius 2 is 2.25 bits per heavy atom. The van der Waals surface area contributed by atoms with Crippen LogP contribution in [0, 0.1) is 0 Å². The quantitative estimate of drug-likeness (QED) is 0.797. The molecule has 0 bridgehead atoms. The second-order valence-electron chi connectivity index (χ2n) is 2.76. The van der Waals surface area contributed by atoms with Crippen molar-refractivity contribution in [2.75, 3.05) is 0 Å². The second kappa shape index (κ2) is 4.15. The molecule has 0 fully saturated rings. The molecule has 3 heteroatoms. The second-order valence-corrected chi connectivity index (χ2v) is 4.73. The molecule has 1 aromatic rings. The molecule has 1 rings (SSSR count). The minimum absolute atomic E-state index is 0.214. The molecular formula is C9H10BrClO. The summed E-state index contributed by atoms with van der Waals surface area (Å²) in [6, 6.07) is 5.05. The highest BCUT2D eigenvalue weighted by Gasteiger charge is 2.04. The zero-order valence-electron chi connectivity index (χ0n) is 6.72. The highest BCUT2D eigenvalue weighted by molar-refractivity contribution is 9.09. The van der Waals surface area contributed by atoms with E-state index in [1.54, 1.807) is 12.1 Å². The molecule has 0 saturated heterocycles. The molecule has 1 atom stereocenters. The first-order chi connectivity index (χ1) is 5.59. The molecule has 0 aliphatic heterocycles. The highest BCUT2D eigenvalue weighted by Crippen LogP contribution is 2.23. The Morgan fingerprint density at radius 1 is 1.58 bits per heavy atom. The average Bonchev–Trinajstić information content (AvgIpc) is 1.94. The van der Waals surface area contributed by atoms with Crippen molar-refractivity contribution in [3.63, 3.8) is 0 Å². The van der Waals surface area contributed by atoms with Gasteiger partial charge in [0, 0.05) is 9.85 Å². The lowest BCUT2D eigenvalue weighted by Crippen LogP contribution is -1.96. The number of rotatable bonds is 2. The van der Waals surface area contributed by atoms with Crippen LogP contribution in [0.1, 0.15) is 12.5 Å². The summed E-state index contributed by atoms with van der Waals surface area (Å²) in [6.07, 6.45) is 0.874. The summed E-state index contributed by atoms with van der Waals surface area (Å²) in [4.78, 5) is 0.402. The van der Waals surface area contributed by atoms with Gasteiger partial charge >= 0.3 is 0 Å². The predicted octanol–water partition coefficient (Wildman–Crippen LogP) is 3.37. The van der Waals surface area contributed by atoms with Crippen molar-refractivity contribution in [2.24, 2.45) is 0 Å². The van der Waals surface area contributed by atoms with E-state index >= 15 is 0 Å². The minimum atomic E-state index is 0.214. The van der Waals surface area contributed by atoms with E-state index in [0.717, 1.165) is 12.0 Å². The van der Waals surface area contributed by atoms with Crippen LogP contribution in [0.2, 0.25) is 5.02 Å². The first kappa shape index (κ1) is 9.87. The third-order valence-corrected chi connectivity index (χ3v) is 2.21. The van der Waals surface area contributed by atoms with Gasteiger partial charge in [0.25, 0.3) is 0 Å². The lowest BCUT2D eigenvalue weighted by Gasteiger charge is -2.05. The van der Waals surface area contributed by atoms with Crippen molar-refractivity contribution in [1.29, 1.82) is 0 Å². The molecule has 1 N–H and O–H groups in total. The normalized spacial score (nSPS) is 12.9. The van der Waals surface area contributed by atoms with Crippen molar-refractivity contribution in [3.05, 3.63) is 28.8 Å². The van der Waals surface area contributed by atoms with Gasteiger partial charge < -0.3 is 5.11 Å². The molecule has 0 aromatic heterocycles. The molecule has 0 amide bonds. The lowest BCUT2D eigenvalue weighted by atomic mass is 10.1.